The van der Waals surface area contributed by atoms with E-state index in [1.54, 1.807) is 0 Å². The van der Waals surface area contributed by atoms with E-state index in [0.717, 1.165) is 15.6 Å². The Morgan fingerprint density at radius 1 is 0.923 bits per heavy atom. The van der Waals surface area contributed by atoms with Gasteiger partial charge >= 0.3 is 0 Å². The quantitative estimate of drug-likeness (QED) is 0.560. The lowest BCUT2D eigenvalue weighted by atomic mass is 10.5. The largest absolute Gasteiger partial charge is 0.226 e. The van der Waals surface area contributed by atoms with Crippen LogP contribution in [0.4, 0.5) is 0 Å². The standard InChI is InChI=1S/C9H14N4/c1-12(5-3-10-7-12)9-13(2)6-4-11-8-13/h3-8H,9H2,1-2H3/q+2. The van der Waals surface area contributed by atoms with Crippen molar-refractivity contribution in [2.75, 3.05) is 20.8 Å². The van der Waals surface area contributed by atoms with Gasteiger partial charge in [-0.1, -0.05) is 0 Å². The molecule has 0 aromatic heterocycles. The third-order valence-electron chi connectivity index (χ3n) is 2.26. The summed E-state index contributed by atoms with van der Waals surface area (Å²) in [6, 6.07) is 0. The van der Waals surface area contributed by atoms with Crippen LogP contribution >= 0.6 is 0 Å². The summed E-state index contributed by atoms with van der Waals surface area (Å²) in [5.74, 6) is 0. The average molecular weight is 178 g/mol. The second-order valence-electron chi connectivity index (χ2n) is 3.96. The fraction of sp³-hybridized carbons (Fsp3) is 0.333. The molecule has 0 radical (unpaired) electrons. The van der Waals surface area contributed by atoms with Gasteiger partial charge in [-0.3, -0.25) is 0 Å². The minimum Gasteiger partial charge on any atom is -0.209 e. The summed E-state index contributed by atoms with van der Waals surface area (Å²) >= 11 is 0. The molecule has 2 heterocycles. The number of hydrogen-bond acceptors (Lipinski definition) is 2. The van der Waals surface area contributed by atoms with Crippen LogP contribution in [-0.4, -0.2) is 42.4 Å². The highest BCUT2D eigenvalue weighted by Gasteiger charge is 2.32. The van der Waals surface area contributed by atoms with Gasteiger partial charge in [0.15, 0.2) is 12.7 Å². The van der Waals surface area contributed by atoms with Crippen molar-refractivity contribution in [3.05, 3.63) is 24.8 Å². The monoisotopic (exact) mass is 178 g/mol. The minimum absolute atomic E-state index is 0.729. The SMILES string of the molecule is C[N+]1(C[N+]2(C)C=CN=C2)C=CN=C1. The second-order valence-corrected chi connectivity index (χ2v) is 3.96. The number of hydrogen-bond donors (Lipinski definition) is 0. The first-order chi connectivity index (χ1) is 6.12. The van der Waals surface area contributed by atoms with Crippen molar-refractivity contribution in [1.82, 2.24) is 0 Å². The number of nitrogens with zero attached hydrogens (tertiary/aromatic N) is 4. The molecule has 0 amide bonds. The molecule has 2 rings (SSSR count). The molecule has 2 aliphatic rings. The van der Waals surface area contributed by atoms with Crippen molar-refractivity contribution in [2.45, 2.75) is 0 Å². The normalized spacial score (nSPS) is 40.8. The molecule has 0 N–H and O–H groups in total. The highest BCUT2D eigenvalue weighted by molar-refractivity contribution is 5.52. The predicted molar refractivity (Wildman–Crippen MR) is 52.5 cm³/mol. The van der Waals surface area contributed by atoms with Crippen molar-refractivity contribution in [1.29, 1.82) is 0 Å². The molecular formula is C9H14N4+2. The topological polar surface area (TPSA) is 24.7 Å². The molecule has 2 aliphatic heterocycles. The maximum Gasteiger partial charge on any atom is 0.226 e. The lowest BCUT2D eigenvalue weighted by molar-refractivity contribution is -0.949. The lowest BCUT2D eigenvalue weighted by Crippen LogP contribution is -2.51. The van der Waals surface area contributed by atoms with E-state index in [9.17, 15) is 0 Å². The second kappa shape index (κ2) is 2.61. The fourth-order valence-electron chi connectivity index (χ4n) is 1.66. The summed E-state index contributed by atoms with van der Waals surface area (Å²) in [5.41, 5.74) is 0. The Hall–Kier alpha value is -1.26. The van der Waals surface area contributed by atoms with Crippen molar-refractivity contribution in [3.63, 3.8) is 0 Å². The van der Waals surface area contributed by atoms with Gasteiger partial charge in [0.2, 0.25) is 6.67 Å². The number of aliphatic imine (C=N–C) groups is 2. The maximum atomic E-state index is 4.10. The average Bonchev–Trinajstić information content (AvgIpc) is 2.60. The third-order valence-corrected chi connectivity index (χ3v) is 2.26. The molecule has 0 aromatic rings. The Morgan fingerprint density at radius 3 is 1.69 bits per heavy atom. The summed E-state index contributed by atoms with van der Waals surface area (Å²) in [4.78, 5) is 8.20. The molecule has 0 aromatic carbocycles. The Morgan fingerprint density at radius 2 is 1.38 bits per heavy atom. The van der Waals surface area contributed by atoms with Crippen LogP contribution in [0.1, 0.15) is 0 Å². The minimum atomic E-state index is 0.729. The molecule has 2 unspecified atom stereocenters. The third kappa shape index (κ3) is 1.59. The first kappa shape index (κ1) is 8.34. The van der Waals surface area contributed by atoms with Gasteiger partial charge in [0.05, 0.1) is 26.5 Å². The van der Waals surface area contributed by atoms with Gasteiger partial charge in [-0.25, -0.2) is 19.0 Å². The molecule has 4 heteroatoms. The highest BCUT2D eigenvalue weighted by Crippen LogP contribution is 2.15. The molecule has 68 valence electrons. The van der Waals surface area contributed by atoms with Gasteiger partial charge in [-0.2, -0.15) is 0 Å². The zero-order valence-electron chi connectivity index (χ0n) is 7.96. The summed E-state index contributed by atoms with van der Waals surface area (Å²) in [6.45, 7) is 0.917. The van der Waals surface area contributed by atoms with Crippen LogP contribution in [0, 0.1) is 0 Å². The zero-order chi connectivity index (χ0) is 9.36. The summed E-state index contributed by atoms with van der Waals surface area (Å²) in [6.07, 6.45) is 11.7. The van der Waals surface area contributed by atoms with Crippen LogP contribution in [0.3, 0.4) is 0 Å². The molecule has 0 fully saturated rings. The molecule has 0 saturated carbocycles. The van der Waals surface area contributed by atoms with E-state index in [1.807, 2.05) is 25.1 Å². The van der Waals surface area contributed by atoms with E-state index >= 15 is 0 Å². The molecule has 13 heavy (non-hydrogen) atoms. The Kier molecular flexibility index (Phi) is 1.68. The maximum absolute atomic E-state index is 4.10. The fourth-order valence-corrected chi connectivity index (χ4v) is 1.66. The Balaban J connectivity index is 2.14. The van der Waals surface area contributed by atoms with Crippen molar-refractivity contribution in [3.8, 4) is 0 Å². The highest BCUT2D eigenvalue weighted by atomic mass is 15.5. The molecule has 2 atom stereocenters. The first-order valence-corrected chi connectivity index (χ1v) is 4.26. The predicted octanol–water partition coefficient (Wildman–Crippen LogP) is 0.863. The van der Waals surface area contributed by atoms with Crippen LogP contribution in [0.15, 0.2) is 34.8 Å². The molecule has 0 bridgehead atoms. The van der Waals surface area contributed by atoms with Gasteiger partial charge in [-0.05, 0) is 0 Å². The molecule has 0 saturated heterocycles. The van der Waals surface area contributed by atoms with Gasteiger partial charge in [-0.15, -0.1) is 0 Å². The van der Waals surface area contributed by atoms with Gasteiger partial charge in [0, 0.05) is 0 Å². The molecule has 0 aliphatic carbocycles. The van der Waals surface area contributed by atoms with Crippen LogP contribution in [0.5, 0.6) is 0 Å². The van der Waals surface area contributed by atoms with E-state index in [-0.39, 0.29) is 0 Å². The van der Waals surface area contributed by atoms with Gasteiger partial charge < -0.3 is 0 Å². The van der Waals surface area contributed by atoms with Crippen LogP contribution in [0.2, 0.25) is 0 Å². The molecule has 4 nitrogen and oxygen atoms in total. The first-order valence-electron chi connectivity index (χ1n) is 4.26. The smallest absolute Gasteiger partial charge is 0.209 e. The van der Waals surface area contributed by atoms with E-state index in [0.29, 0.717) is 0 Å². The van der Waals surface area contributed by atoms with E-state index < -0.39 is 0 Å². The lowest BCUT2D eigenvalue weighted by Gasteiger charge is -2.29. The molecule has 0 spiro atoms. The van der Waals surface area contributed by atoms with Crippen LogP contribution in [-0.2, 0) is 0 Å². The van der Waals surface area contributed by atoms with Crippen molar-refractivity contribution in [2.24, 2.45) is 9.98 Å². The van der Waals surface area contributed by atoms with Crippen LogP contribution < -0.4 is 0 Å². The number of quaternary nitrogens is 2. The van der Waals surface area contributed by atoms with E-state index in [4.69, 9.17) is 0 Å². The van der Waals surface area contributed by atoms with Crippen molar-refractivity contribution >= 4 is 12.7 Å². The zero-order valence-corrected chi connectivity index (χ0v) is 7.96. The van der Waals surface area contributed by atoms with Crippen LogP contribution in [0.25, 0.3) is 0 Å². The van der Waals surface area contributed by atoms with Gasteiger partial charge in [0.25, 0.3) is 0 Å². The summed E-state index contributed by atoms with van der Waals surface area (Å²) in [5, 5.41) is 0. The summed E-state index contributed by atoms with van der Waals surface area (Å²) in [7, 11) is 4.24. The molecular weight excluding hydrogens is 164 g/mol. The van der Waals surface area contributed by atoms with E-state index in [1.165, 1.54) is 0 Å². The Labute approximate surface area is 78.0 Å². The summed E-state index contributed by atoms with van der Waals surface area (Å²) < 4.78 is 1.46. The Bertz CT molecular complexity index is 269. The van der Waals surface area contributed by atoms with Gasteiger partial charge in [0.1, 0.15) is 12.4 Å². The van der Waals surface area contributed by atoms with Crippen molar-refractivity contribution < 1.29 is 8.97 Å². The van der Waals surface area contributed by atoms with E-state index in [2.05, 4.69) is 36.5 Å². The number of rotatable bonds is 2.